The Morgan fingerprint density at radius 3 is 3.00 bits per heavy atom. The van der Waals surface area contributed by atoms with Crippen LogP contribution < -0.4 is 15.5 Å². The molecule has 2 aliphatic heterocycles. The summed E-state index contributed by atoms with van der Waals surface area (Å²) in [6.45, 7) is 4.09. The summed E-state index contributed by atoms with van der Waals surface area (Å²) >= 11 is 0. The fraction of sp³-hybridized carbons (Fsp3) is 0.500. The molecule has 0 radical (unpaired) electrons. The molecule has 132 valence electrons. The number of fused-ring (bicyclic) bond motifs is 2. The molecular formula is C18H24N6O. The molecule has 0 atom stereocenters. The van der Waals surface area contributed by atoms with Crippen molar-refractivity contribution >= 4 is 11.7 Å². The molecule has 2 amide bonds. The van der Waals surface area contributed by atoms with E-state index >= 15 is 0 Å². The van der Waals surface area contributed by atoms with Gasteiger partial charge in [0.25, 0.3) is 0 Å². The maximum absolute atomic E-state index is 11.9. The lowest BCUT2D eigenvalue weighted by atomic mass is 10.2. The predicted molar refractivity (Wildman–Crippen MR) is 95.6 cm³/mol. The van der Waals surface area contributed by atoms with Crippen LogP contribution in [0.5, 0.6) is 0 Å². The van der Waals surface area contributed by atoms with Crippen molar-refractivity contribution in [3.8, 4) is 0 Å². The average molecular weight is 340 g/mol. The number of aromatic nitrogens is 3. The number of para-hydroxylation sites is 1. The number of carbonyl (C=O) groups excluding carboxylic acids is 1. The Bertz CT molecular complexity index is 756. The minimum atomic E-state index is -0.142. The molecule has 0 spiro atoms. The van der Waals surface area contributed by atoms with E-state index in [-0.39, 0.29) is 6.03 Å². The SMILES string of the molecule is O=C(NCCCN1CCc2ccccc21)NCc1nnc2n1CCC2. The highest BCUT2D eigenvalue weighted by molar-refractivity contribution is 5.73. The van der Waals surface area contributed by atoms with Gasteiger partial charge in [0, 0.05) is 38.3 Å². The van der Waals surface area contributed by atoms with Gasteiger partial charge in [-0.1, -0.05) is 18.2 Å². The lowest BCUT2D eigenvalue weighted by Gasteiger charge is -2.19. The molecule has 0 bridgehead atoms. The first-order valence-electron chi connectivity index (χ1n) is 9.07. The zero-order chi connectivity index (χ0) is 17.1. The van der Waals surface area contributed by atoms with Crippen molar-refractivity contribution in [3.05, 3.63) is 41.5 Å². The minimum absolute atomic E-state index is 0.142. The number of carbonyl (C=O) groups is 1. The quantitative estimate of drug-likeness (QED) is 0.781. The molecule has 7 nitrogen and oxygen atoms in total. The van der Waals surface area contributed by atoms with Crippen LogP contribution in [-0.4, -0.2) is 40.4 Å². The highest BCUT2D eigenvalue weighted by atomic mass is 16.2. The fourth-order valence-corrected chi connectivity index (χ4v) is 3.67. The number of hydrogen-bond acceptors (Lipinski definition) is 4. The molecule has 3 heterocycles. The summed E-state index contributed by atoms with van der Waals surface area (Å²) in [5.41, 5.74) is 2.77. The van der Waals surface area contributed by atoms with E-state index < -0.39 is 0 Å². The topological polar surface area (TPSA) is 75.1 Å². The largest absolute Gasteiger partial charge is 0.371 e. The predicted octanol–water partition coefficient (Wildman–Crippen LogP) is 1.48. The Balaban J connectivity index is 1.16. The van der Waals surface area contributed by atoms with Gasteiger partial charge in [0.2, 0.25) is 0 Å². The lowest BCUT2D eigenvalue weighted by molar-refractivity contribution is 0.240. The Labute approximate surface area is 147 Å². The van der Waals surface area contributed by atoms with Crippen LogP contribution in [0.25, 0.3) is 0 Å². The van der Waals surface area contributed by atoms with Crippen LogP contribution in [0, 0.1) is 0 Å². The molecule has 2 aromatic rings. The summed E-state index contributed by atoms with van der Waals surface area (Å²) in [7, 11) is 0. The summed E-state index contributed by atoms with van der Waals surface area (Å²) in [6.07, 6.45) is 4.15. The van der Waals surface area contributed by atoms with E-state index in [9.17, 15) is 4.79 Å². The van der Waals surface area contributed by atoms with Crippen molar-refractivity contribution in [2.75, 3.05) is 24.5 Å². The molecule has 1 aromatic carbocycles. The Morgan fingerprint density at radius 1 is 1.12 bits per heavy atom. The molecule has 0 unspecified atom stereocenters. The third-order valence-corrected chi connectivity index (χ3v) is 4.97. The third kappa shape index (κ3) is 3.45. The van der Waals surface area contributed by atoms with Crippen LogP contribution in [0.3, 0.4) is 0 Å². The van der Waals surface area contributed by atoms with Gasteiger partial charge in [0.1, 0.15) is 5.82 Å². The van der Waals surface area contributed by atoms with Gasteiger partial charge in [-0.2, -0.15) is 0 Å². The average Bonchev–Trinajstić information content (AvgIpc) is 3.33. The van der Waals surface area contributed by atoms with Gasteiger partial charge in [-0.05, 0) is 30.9 Å². The first-order valence-corrected chi connectivity index (χ1v) is 9.07. The third-order valence-electron chi connectivity index (χ3n) is 4.97. The van der Waals surface area contributed by atoms with Gasteiger partial charge < -0.3 is 20.1 Å². The molecule has 7 heteroatoms. The number of nitrogens with one attached hydrogen (secondary N) is 2. The molecule has 2 aliphatic rings. The van der Waals surface area contributed by atoms with Crippen LogP contribution in [0.4, 0.5) is 10.5 Å². The number of aryl methyl sites for hydroxylation is 1. The van der Waals surface area contributed by atoms with Gasteiger partial charge in [-0.15, -0.1) is 10.2 Å². The Morgan fingerprint density at radius 2 is 2.04 bits per heavy atom. The normalized spacial score (nSPS) is 15.1. The van der Waals surface area contributed by atoms with Crippen molar-refractivity contribution in [2.45, 2.75) is 38.8 Å². The van der Waals surface area contributed by atoms with E-state index in [1.54, 1.807) is 0 Å². The fourth-order valence-electron chi connectivity index (χ4n) is 3.67. The van der Waals surface area contributed by atoms with Crippen molar-refractivity contribution in [3.63, 3.8) is 0 Å². The second kappa shape index (κ2) is 7.13. The summed E-state index contributed by atoms with van der Waals surface area (Å²) < 4.78 is 2.10. The standard InChI is InChI=1S/C18H24N6O/c25-18(20-13-17-22-21-16-7-3-11-24(16)17)19-9-4-10-23-12-8-14-5-1-2-6-15(14)23/h1-2,5-6H,3-4,7-13H2,(H2,19,20,25). The lowest BCUT2D eigenvalue weighted by Crippen LogP contribution is -2.37. The summed E-state index contributed by atoms with van der Waals surface area (Å²) in [5.74, 6) is 1.87. The monoisotopic (exact) mass is 340 g/mol. The van der Waals surface area contributed by atoms with Crippen LogP contribution in [-0.2, 0) is 25.9 Å². The van der Waals surface area contributed by atoms with E-state index in [4.69, 9.17) is 0 Å². The molecule has 1 aromatic heterocycles. The summed E-state index contributed by atoms with van der Waals surface area (Å²) in [5, 5.41) is 14.1. The smallest absolute Gasteiger partial charge is 0.315 e. The maximum Gasteiger partial charge on any atom is 0.315 e. The summed E-state index contributed by atoms with van der Waals surface area (Å²) in [6, 6.07) is 8.42. The van der Waals surface area contributed by atoms with Gasteiger partial charge in [0.15, 0.2) is 5.82 Å². The molecule has 4 rings (SSSR count). The number of rotatable bonds is 6. The van der Waals surface area contributed by atoms with E-state index in [2.05, 4.69) is 54.6 Å². The molecule has 25 heavy (non-hydrogen) atoms. The number of urea groups is 1. The number of hydrogen-bond donors (Lipinski definition) is 2. The van der Waals surface area contributed by atoms with Crippen molar-refractivity contribution in [2.24, 2.45) is 0 Å². The van der Waals surface area contributed by atoms with Gasteiger partial charge in [-0.3, -0.25) is 0 Å². The molecule has 0 saturated heterocycles. The number of amides is 2. The second-order valence-electron chi connectivity index (χ2n) is 6.62. The van der Waals surface area contributed by atoms with Crippen molar-refractivity contribution in [1.29, 1.82) is 0 Å². The molecular weight excluding hydrogens is 316 g/mol. The number of anilines is 1. The van der Waals surface area contributed by atoms with E-state index in [1.807, 2.05) is 0 Å². The van der Waals surface area contributed by atoms with Crippen LogP contribution in [0.15, 0.2) is 24.3 Å². The molecule has 0 saturated carbocycles. The minimum Gasteiger partial charge on any atom is -0.371 e. The van der Waals surface area contributed by atoms with E-state index in [0.717, 1.165) is 57.0 Å². The first-order chi connectivity index (χ1) is 12.3. The van der Waals surface area contributed by atoms with Crippen molar-refractivity contribution < 1.29 is 4.79 Å². The second-order valence-corrected chi connectivity index (χ2v) is 6.62. The zero-order valence-corrected chi connectivity index (χ0v) is 14.4. The van der Waals surface area contributed by atoms with Crippen LogP contribution in [0.1, 0.15) is 30.1 Å². The highest BCUT2D eigenvalue weighted by Gasteiger charge is 2.18. The number of benzene rings is 1. The number of nitrogens with zero attached hydrogens (tertiary/aromatic N) is 4. The van der Waals surface area contributed by atoms with Gasteiger partial charge >= 0.3 is 6.03 Å². The van der Waals surface area contributed by atoms with Crippen molar-refractivity contribution in [1.82, 2.24) is 25.4 Å². The van der Waals surface area contributed by atoms with Crippen LogP contribution >= 0.6 is 0 Å². The molecule has 2 N–H and O–H groups in total. The molecule has 0 aliphatic carbocycles. The zero-order valence-electron chi connectivity index (χ0n) is 14.4. The van der Waals surface area contributed by atoms with E-state index in [0.29, 0.717) is 13.1 Å². The van der Waals surface area contributed by atoms with Gasteiger partial charge in [-0.25, -0.2) is 4.79 Å². The highest BCUT2D eigenvalue weighted by Crippen LogP contribution is 2.27. The van der Waals surface area contributed by atoms with Crippen LogP contribution in [0.2, 0.25) is 0 Å². The Kier molecular flexibility index (Phi) is 4.54. The molecule has 0 fully saturated rings. The van der Waals surface area contributed by atoms with Gasteiger partial charge in [0.05, 0.1) is 6.54 Å². The maximum atomic E-state index is 11.9. The Hall–Kier alpha value is -2.57. The van der Waals surface area contributed by atoms with E-state index in [1.165, 1.54) is 11.3 Å². The first kappa shape index (κ1) is 15.9. The summed E-state index contributed by atoms with van der Waals surface area (Å²) in [4.78, 5) is 14.3.